The van der Waals surface area contributed by atoms with Crippen molar-refractivity contribution in [3.63, 3.8) is 0 Å². The molecular weight excluding hydrogens is 512 g/mol. The summed E-state index contributed by atoms with van der Waals surface area (Å²) in [5.74, 6) is 1.04. The van der Waals surface area contributed by atoms with E-state index in [1.165, 1.54) is 56.2 Å². The molecule has 42 heavy (non-hydrogen) atoms. The van der Waals surface area contributed by atoms with E-state index in [9.17, 15) is 0 Å². The van der Waals surface area contributed by atoms with Gasteiger partial charge in [0, 0.05) is 41.1 Å². The van der Waals surface area contributed by atoms with Crippen molar-refractivity contribution in [3.8, 4) is 0 Å². The van der Waals surface area contributed by atoms with Crippen LogP contribution < -0.4 is 4.90 Å². The average Bonchev–Trinajstić information content (AvgIpc) is 3.51. The smallest absolute Gasteiger partial charge is 0.209 e. The van der Waals surface area contributed by atoms with Crippen LogP contribution in [0.5, 0.6) is 0 Å². The number of rotatable bonds is 8. The van der Waals surface area contributed by atoms with Crippen LogP contribution in [0.3, 0.4) is 0 Å². The maximum absolute atomic E-state index is 6.47. The van der Waals surface area contributed by atoms with E-state index in [-0.39, 0.29) is 10.8 Å². The maximum Gasteiger partial charge on any atom is 0.209 e. The largest absolute Gasteiger partial charge is 0.489 e. The van der Waals surface area contributed by atoms with Crippen molar-refractivity contribution in [1.29, 1.82) is 0 Å². The zero-order chi connectivity index (χ0) is 30.2. The van der Waals surface area contributed by atoms with E-state index in [0.717, 1.165) is 31.7 Å². The lowest BCUT2D eigenvalue weighted by molar-refractivity contribution is -0.433. The molecule has 2 aromatic rings. The second-order valence-corrected chi connectivity index (χ2v) is 13.0. The SMILES string of the molecule is C/C=C/COC1=C(/C=C/C2=[N+](CC)c3ccc(C)cc3C2(C)C)CC/C1=C\C=C1\N(CC)c2ccc(C)cc2C1(C)C. The minimum Gasteiger partial charge on any atom is -0.489 e. The van der Waals surface area contributed by atoms with Crippen molar-refractivity contribution in [2.24, 2.45) is 0 Å². The second kappa shape index (κ2) is 11.6. The Labute approximate surface area is 254 Å². The lowest BCUT2D eigenvalue weighted by Gasteiger charge is -2.26. The van der Waals surface area contributed by atoms with Crippen molar-refractivity contribution in [3.05, 3.63) is 118 Å². The Morgan fingerprint density at radius 1 is 0.881 bits per heavy atom. The van der Waals surface area contributed by atoms with E-state index in [1.807, 2.05) is 6.92 Å². The Hall–Kier alpha value is -3.59. The van der Waals surface area contributed by atoms with E-state index in [0.29, 0.717) is 6.61 Å². The lowest BCUT2D eigenvalue weighted by Crippen LogP contribution is -2.27. The molecule has 0 saturated heterocycles. The number of fused-ring (bicyclic) bond motifs is 2. The summed E-state index contributed by atoms with van der Waals surface area (Å²) in [5, 5.41) is 0. The zero-order valence-electron chi connectivity index (χ0n) is 27.3. The fourth-order valence-corrected chi connectivity index (χ4v) is 7.05. The normalized spacial score (nSPS) is 21.1. The third-order valence-electron chi connectivity index (χ3n) is 9.42. The third kappa shape index (κ3) is 5.12. The van der Waals surface area contributed by atoms with Gasteiger partial charge in [-0.1, -0.05) is 61.4 Å². The first-order valence-electron chi connectivity index (χ1n) is 15.8. The highest BCUT2D eigenvalue weighted by Gasteiger charge is 2.44. The fraction of sp³-hybridized carbons (Fsp3) is 0.410. The van der Waals surface area contributed by atoms with Crippen LogP contribution in [0.1, 0.15) is 83.6 Å². The summed E-state index contributed by atoms with van der Waals surface area (Å²) in [5.41, 5.74) is 13.3. The molecule has 2 heterocycles. The fourth-order valence-electron chi connectivity index (χ4n) is 7.05. The first kappa shape index (κ1) is 29.9. The topological polar surface area (TPSA) is 15.5 Å². The molecule has 0 saturated carbocycles. The van der Waals surface area contributed by atoms with Gasteiger partial charge in [-0.3, -0.25) is 0 Å². The molecule has 2 aliphatic heterocycles. The number of nitrogens with zero attached hydrogens (tertiary/aromatic N) is 2. The summed E-state index contributed by atoms with van der Waals surface area (Å²) in [6.07, 6.45) is 15.5. The molecule has 0 spiro atoms. The van der Waals surface area contributed by atoms with Gasteiger partial charge < -0.3 is 9.64 Å². The first-order valence-corrected chi connectivity index (χ1v) is 15.8. The van der Waals surface area contributed by atoms with Crippen LogP contribution in [-0.2, 0) is 15.6 Å². The molecule has 0 radical (unpaired) electrons. The first-order chi connectivity index (χ1) is 20.0. The molecule has 3 heteroatoms. The van der Waals surface area contributed by atoms with Crippen LogP contribution in [0, 0.1) is 13.8 Å². The minimum absolute atomic E-state index is 0.0485. The van der Waals surface area contributed by atoms with Gasteiger partial charge in [-0.25, -0.2) is 0 Å². The summed E-state index contributed by atoms with van der Waals surface area (Å²) < 4.78 is 8.95. The van der Waals surface area contributed by atoms with Gasteiger partial charge in [-0.15, -0.1) is 0 Å². The van der Waals surface area contributed by atoms with Crippen molar-refractivity contribution in [2.45, 2.75) is 86.0 Å². The summed E-state index contributed by atoms with van der Waals surface area (Å²) in [4.78, 5) is 2.48. The van der Waals surface area contributed by atoms with Gasteiger partial charge in [-0.2, -0.15) is 4.58 Å². The molecule has 0 unspecified atom stereocenters. The number of anilines is 1. The predicted octanol–water partition coefficient (Wildman–Crippen LogP) is 9.52. The number of allylic oxidation sites excluding steroid dienone is 8. The van der Waals surface area contributed by atoms with Crippen LogP contribution in [0.15, 0.2) is 95.5 Å². The molecule has 220 valence electrons. The number of benzene rings is 2. The Balaban J connectivity index is 1.53. The number of ether oxygens (including phenoxy) is 1. The van der Waals surface area contributed by atoms with Gasteiger partial charge in [0.1, 0.15) is 18.9 Å². The van der Waals surface area contributed by atoms with Gasteiger partial charge in [0.2, 0.25) is 5.69 Å². The van der Waals surface area contributed by atoms with Gasteiger partial charge in [-0.05, 0) is 102 Å². The lowest BCUT2D eigenvalue weighted by atomic mass is 9.80. The van der Waals surface area contributed by atoms with Crippen molar-refractivity contribution >= 4 is 17.1 Å². The van der Waals surface area contributed by atoms with Crippen LogP contribution in [-0.4, -0.2) is 30.0 Å². The number of aryl methyl sites for hydroxylation is 2. The third-order valence-corrected chi connectivity index (χ3v) is 9.42. The molecule has 0 aromatic heterocycles. The van der Waals surface area contributed by atoms with E-state index >= 15 is 0 Å². The Morgan fingerprint density at radius 3 is 2.29 bits per heavy atom. The highest BCUT2D eigenvalue weighted by Crippen LogP contribution is 2.48. The molecule has 5 rings (SSSR count). The predicted molar refractivity (Wildman–Crippen MR) is 179 cm³/mol. The van der Waals surface area contributed by atoms with E-state index in [1.54, 1.807) is 0 Å². The highest BCUT2D eigenvalue weighted by atomic mass is 16.5. The molecule has 0 atom stereocenters. The molecule has 0 fully saturated rings. The molecular formula is C39H49N2O+. The quantitative estimate of drug-likeness (QED) is 0.236. The van der Waals surface area contributed by atoms with E-state index in [4.69, 9.17) is 4.74 Å². The standard InChI is InChI=1S/C39H49N2O/c1-10-13-24-42-37-29(18-22-35-38(6,7)31-25-27(4)14-20-33(31)40(35)11-2)16-17-30(37)19-23-36-39(8,9)32-26-28(5)15-21-34(32)41(36)12-3/h10,13-15,18-23,25-26H,11-12,16-17,24H2,1-9H3/q+1/b13-10+. The summed E-state index contributed by atoms with van der Waals surface area (Å²) in [6, 6.07) is 13.8. The minimum atomic E-state index is -0.0485. The number of hydrogen-bond donors (Lipinski definition) is 0. The summed E-state index contributed by atoms with van der Waals surface area (Å²) >= 11 is 0. The zero-order valence-corrected chi connectivity index (χ0v) is 27.3. The van der Waals surface area contributed by atoms with Gasteiger partial charge >= 0.3 is 0 Å². The maximum atomic E-state index is 6.47. The van der Waals surface area contributed by atoms with Crippen molar-refractivity contribution < 1.29 is 9.31 Å². The Bertz CT molecular complexity index is 1570. The molecule has 0 bridgehead atoms. The Morgan fingerprint density at radius 2 is 1.60 bits per heavy atom. The van der Waals surface area contributed by atoms with Gasteiger partial charge in [0.25, 0.3) is 0 Å². The molecule has 3 nitrogen and oxygen atoms in total. The average molecular weight is 562 g/mol. The van der Waals surface area contributed by atoms with Crippen LogP contribution in [0.4, 0.5) is 11.4 Å². The van der Waals surface area contributed by atoms with Crippen LogP contribution in [0.25, 0.3) is 0 Å². The van der Waals surface area contributed by atoms with Crippen molar-refractivity contribution in [1.82, 2.24) is 0 Å². The summed E-state index contributed by atoms with van der Waals surface area (Å²) in [6.45, 7) is 22.8. The Kier molecular flexibility index (Phi) is 8.25. The molecule has 0 N–H and O–H groups in total. The summed E-state index contributed by atoms with van der Waals surface area (Å²) in [7, 11) is 0. The molecule has 3 aliphatic rings. The molecule has 2 aromatic carbocycles. The van der Waals surface area contributed by atoms with Crippen LogP contribution in [0.2, 0.25) is 0 Å². The second-order valence-electron chi connectivity index (χ2n) is 13.0. The van der Waals surface area contributed by atoms with Gasteiger partial charge in [0.05, 0.1) is 5.41 Å². The van der Waals surface area contributed by atoms with Crippen molar-refractivity contribution in [2.75, 3.05) is 24.6 Å². The van der Waals surface area contributed by atoms with Gasteiger partial charge in [0.15, 0.2) is 5.71 Å². The molecule has 1 aliphatic carbocycles. The van der Waals surface area contributed by atoms with E-state index < -0.39 is 0 Å². The van der Waals surface area contributed by atoms with Crippen LogP contribution >= 0.6 is 0 Å². The highest BCUT2D eigenvalue weighted by molar-refractivity contribution is 6.03. The number of hydrogen-bond acceptors (Lipinski definition) is 2. The van der Waals surface area contributed by atoms with E-state index in [2.05, 4.69) is 138 Å². The number of likely N-dealkylation sites (N-methyl/N-ethyl adjacent to an activating group) is 1. The molecule has 0 amide bonds. The monoisotopic (exact) mass is 561 g/mol.